The van der Waals surface area contributed by atoms with Crippen molar-refractivity contribution in [2.45, 2.75) is 50.5 Å². The highest BCUT2D eigenvalue weighted by atomic mass is 16.8. The van der Waals surface area contributed by atoms with Crippen LogP contribution in [0.4, 0.5) is 0 Å². The Labute approximate surface area is 135 Å². The molecule has 4 atom stereocenters. The second kappa shape index (κ2) is 6.57. The van der Waals surface area contributed by atoms with E-state index < -0.39 is 11.9 Å². The van der Waals surface area contributed by atoms with Crippen LogP contribution in [0, 0.1) is 0 Å². The molecule has 6 nitrogen and oxygen atoms in total. The molecular formula is C17H22O6. The third-order valence-corrected chi connectivity index (χ3v) is 4.07. The number of carbonyl (C=O) groups excluding carboxylic acids is 1. The Morgan fingerprint density at radius 3 is 2.48 bits per heavy atom. The zero-order valence-electron chi connectivity index (χ0n) is 13.3. The fourth-order valence-corrected chi connectivity index (χ4v) is 3.08. The number of hydrogen-bond donors (Lipinski definition) is 1. The first-order valence-corrected chi connectivity index (χ1v) is 7.84. The number of benzene rings is 1. The maximum atomic E-state index is 11.9. The van der Waals surface area contributed by atoms with Crippen LogP contribution >= 0.6 is 0 Å². The van der Waals surface area contributed by atoms with Gasteiger partial charge >= 0.3 is 5.97 Å². The van der Waals surface area contributed by atoms with Crippen molar-refractivity contribution in [1.82, 2.24) is 0 Å². The zero-order chi connectivity index (χ0) is 16.4. The van der Waals surface area contributed by atoms with Crippen molar-refractivity contribution in [3.8, 4) is 0 Å². The van der Waals surface area contributed by atoms with Gasteiger partial charge < -0.3 is 24.1 Å². The molecule has 1 aromatic carbocycles. The first-order valence-electron chi connectivity index (χ1n) is 7.84. The lowest BCUT2D eigenvalue weighted by Gasteiger charge is -2.23. The van der Waals surface area contributed by atoms with Gasteiger partial charge in [-0.15, -0.1) is 0 Å². The van der Waals surface area contributed by atoms with E-state index in [0.29, 0.717) is 12.0 Å². The molecule has 23 heavy (non-hydrogen) atoms. The lowest BCUT2D eigenvalue weighted by molar-refractivity contribution is -0.191. The van der Waals surface area contributed by atoms with Crippen LogP contribution in [0.1, 0.15) is 30.6 Å². The SMILES string of the molecule is CC1(C)OC2C(CO)OC(CCOC(=O)c3ccccc3)C2O1. The molecule has 0 radical (unpaired) electrons. The van der Waals surface area contributed by atoms with Gasteiger partial charge in [-0.1, -0.05) is 18.2 Å². The number of ether oxygens (including phenoxy) is 4. The summed E-state index contributed by atoms with van der Waals surface area (Å²) in [5.41, 5.74) is 0.521. The van der Waals surface area contributed by atoms with Crippen molar-refractivity contribution >= 4 is 5.97 Å². The summed E-state index contributed by atoms with van der Waals surface area (Å²) in [6.45, 7) is 3.78. The molecule has 126 valence electrons. The van der Waals surface area contributed by atoms with Crippen LogP contribution in [0.15, 0.2) is 30.3 Å². The minimum atomic E-state index is -0.689. The topological polar surface area (TPSA) is 74.2 Å². The van der Waals surface area contributed by atoms with E-state index in [0.717, 1.165) is 0 Å². The van der Waals surface area contributed by atoms with Crippen LogP contribution in [0.3, 0.4) is 0 Å². The molecule has 6 heteroatoms. The molecular weight excluding hydrogens is 300 g/mol. The predicted molar refractivity (Wildman–Crippen MR) is 80.9 cm³/mol. The van der Waals surface area contributed by atoms with Crippen LogP contribution in [-0.2, 0) is 18.9 Å². The zero-order valence-corrected chi connectivity index (χ0v) is 13.3. The van der Waals surface area contributed by atoms with Gasteiger partial charge in [0.1, 0.15) is 18.3 Å². The number of rotatable bonds is 5. The summed E-state index contributed by atoms with van der Waals surface area (Å²) in [7, 11) is 0. The molecule has 0 spiro atoms. The molecule has 2 saturated heterocycles. The highest BCUT2D eigenvalue weighted by Gasteiger charge is 2.54. The van der Waals surface area contributed by atoms with Crippen molar-refractivity contribution in [3.63, 3.8) is 0 Å². The number of aliphatic hydroxyl groups is 1. The van der Waals surface area contributed by atoms with Gasteiger partial charge in [0.2, 0.25) is 0 Å². The number of esters is 1. The van der Waals surface area contributed by atoms with Gasteiger partial charge in [-0.2, -0.15) is 0 Å². The fourth-order valence-electron chi connectivity index (χ4n) is 3.08. The molecule has 0 saturated carbocycles. The van der Waals surface area contributed by atoms with E-state index in [9.17, 15) is 9.90 Å². The Balaban J connectivity index is 1.53. The molecule has 0 amide bonds. The second-order valence-corrected chi connectivity index (χ2v) is 6.25. The average Bonchev–Trinajstić information content (AvgIpc) is 3.01. The predicted octanol–water partition coefficient (Wildman–Crippen LogP) is 1.51. The lowest BCUT2D eigenvalue weighted by atomic mass is 10.1. The summed E-state index contributed by atoms with van der Waals surface area (Å²) < 4.78 is 22.7. The first kappa shape index (κ1) is 16.4. The molecule has 4 unspecified atom stereocenters. The second-order valence-electron chi connectivity index (χ2n) is 6.25. The molecule has 0 aliphatic carbocycles. The number of aliphatic hydroxyl groups excluding tert-OH is 1. The minimum Gasteiger partial charge on any atom is -0.462 e. The van der Waals surface area contributed by atoms with Gasteiger partial charge in [0.05, 0.1) is 24.9 Å². The van der Waals surface area contributed by atoms with E-state index in [2.05, 4.69) is 0 Å². The van der Waals surface area contributed by atoms with Crippen molar-refractivity contribution in [1.29, 1.82) is 0 Å². The number of hydrogen-bond acceptors (Lipinski definition) is 6. The van der Waals surface area contributed by atoms with Crippen molar-refractivity contribution in [3.05, 3.63) is 35.9 Å². The Hall–Kier alpha value is -1.47. The molecule has 2 aliphatic heterocycles. The monoisotopic (exact) mass is 322 g/mol. The van der Waals surface area contributed by atoms with E-state index in [4.69, 9.17) is 18.9 Å². The van der Waals surface area contributed by atoms with Crippen LogP contribution < -0.4 is 0 Å². The first-order chi connectivity index (χ1) is 11.0. The van der Waals surface area contributed by atoms with E-state index in [-0.39, 0.29) is 37.5 Å². The Morgan fingerprint density at radius 1 is 1.17 bits per heavy atom. The summed E-state index contributed by atoms with van der Waals surface area (Å²) in [6, 6.07) is 8.85. The summed E-state index contributed by atoms with van der Waals surface area (Å²) in [5, 5.41) is 9.42. The van der Waals surface area contributed by atoms with Crippen LogP contribution in [-0.4, -0.2) is 54.5 Å². The van der Waals surface area contributed by atoms with Crippen LogP contribution in [0.25, 0.3) is 0 Å². The minimum absolute atomic E-state index is 0.124. The van der Waals surface area contributed by atoms with E-state index >= 15 is 0 Å². The van der Waals surface area contributed by atoms with Gasteiger partial charge in [-0.25, -0.2) is 4.79 Å². The molecule has 1 N–H and O–H groups in total. The van der Waals surface area contributed by atoms with Crippen molar-refractivity contribution in [2.75, 3.05) is 13.2 Å². The Morgan fingerprint density at radius 2 is 1.83 bits per heavy atom. The highest BCUT2D eigenvalue weighted by molar-refractivity contribution is 5.89. The van der Waals surface area contributed by atoms with Gasteiger partial charge in [-0.3, -0.25) is 0 Å². The summed E-state index contributed by atoms with van der Waals surface area (Å²) in [6.07, 6.45) is -0.711. The number of carbonyl (C=O) groups is 1. The largest absolute Gasteiger partial charge is 0.462 e. The molecule has 0 bridgehead atoms. The fraction of sp³-hybridized carbons (Fsp3) is 0.588. The lowest BCUT2D eigenvalue weighted by Crippen LogP contribution is -2.31. The number of fused-ring (bicyclic) bond motifs is 1. The molecule has 1 aromatic rings. The summed E-state index contributed by atoms with van der Waals surface area (Å²) >= 11 is 0. The van der Waals surface area contributed by atoms with E-state index in [1.807, 2.05) is 19.9 Å². The van der Waals surface area contributed by atoms with Crippen LogP contribution in [0.5, 0.6) is 0 Å². The maximum absolute atomic E-state index is 11.9. The smallest absolute Gasteiger partial charge is 0.338 e. The molecule has 2 fully saturated rings. The third kappa shape index (κ3) is 3.55. The Bertz CT molecular complexity index is 543. The normalized spacial score (nSPS) is 31.8. The molecule has 0 aromatic heterocycles. The molecule has 2 aliphatic rings. The average molecular weight is 322 g/mol. The van der Waals surface area contributed by atoms with Gasteiger partial charge in [-0.05, 0) is 26.0 Å². The van der Waals surface area contributed by atoms with Crippen molar-refractivity contribution in [2.24, 2.45) is 0 Å². The maximum Gasteiger partial charge on any atom is 0.338 e. The summed E-state index contributed by atoms with van der Waals surface area (Å²) in [5.74, 6) is -1.05. The standard InChI is InChI=1S/C17H22O6/c1-17(2)22-14-12(21-13(10-18)15(14)23-17)8-9-20-16(19)11-6-4-3-5-7-11/h3-7,12-15,18H,8-10H2,1-2H3. The van der Waals surface area contributed by atoms with Gasteiger partial charge in [0.25, 0.3) is 0 Å². The van der Waals surface area contributed by atoms with Crippen LogP contribution in [0.2, 0.25) is 0 Å². The van der Waals surface area contributed by atoms with Gasteiger partial charge in [0.15, 0.2) is 5.79 Å². The van der Waals surface area contributed by atoms with E-state index in [1.54, 1.807) is 24.3 Å². The van der Waals surface area contributed by atoms with Crippen molar-refractivity contribution < 1.29 is 28.8 Å². The molecule has 3 rings (SSSR count). The third-order valence-electron chi connectivity index (χ3n) is 4.07. The quantitative estimate of drug-likeness (QED) is 0.829. The molecule has 2 heterocycles. The Kier molecular flexibility index (Phi) is 4.68. The van der Waals surface area contributed by atoms with Gasteiger partial charge in [0, 0.05) is 6.42 Å². The highest BCUT2D eigenvalue weighted by Crippen LogP contribution is 2.39. The summed E-state index contributed by atoms with van der Waals surface area (Å²) in [4.78, 5) is 11.9. The van der Waals surface area contributed by atoms with E-state index in [1.165, 1.54) is 0 Å².